The molecule has 2 aromatic rings. The fourth-order valence-electron chi connectivity index (χ4n) is 3.84. The van der Waals surface area contributed by atoms with Crippen molar-refractivity contribution in [2.45, 2.75) is 45.3 Å². The van der Waals surface area contributed by atoms with Gasteiger partial charge < -0.3 is 10.2 Å². The summed E-state index contributed by atoms with van der Waals surface area (Å²) in [5.41, 5.74) is 0.550. The van der Waals surface area contributed by atoms with Gasteiger partial charge in [-0.1, -0.05) is 19.1 Å². The summed E-state index contributed by atoms with van der Waals surface area (Å²) in [5, 5.41) is 2.80. The van der Waals surface area contributed by atoms with Gasteiger partial charge in [-0.3, -0.25) is 9.52 Å². The fraction of sp³-hybridized carbons (Fsp3) is 0.478. The highest BCUT2D eigenvalue weighted by Gasteiger charge is 2.34. The number of nitrogens with one attached hydrogen (secondary N) is 2. The number of carbonyl (C=O) groups excluding carboxylic acids is 1. The molecule has 1 aliphatic rings. The fourth-order valence-corrected chi connectivity index (χ4v) is 5.04. The van der Waals surface area contributed by atoms with Crippen LogP contribution in [-0.2, 0) is 27.5 Å². The van der Waals surface area contributed by atoms with Crippen molar-refractivity contribution in [2.75, 3.05) is 29.0 Å². The molecule has 12 heteroatoms. The number of alkyl halides is 3. The van der Waals surface area contributed by atoms with Gasteiger partial charge in [0.25, 0.3) is 0 Å². The van der Waals surface area contributed by atoms with Crippen molar-refractivity contribution in [1.82, 2.24) is 10.3 Å². The molecule has 0 aliphatic carbocycles. The highest BCUT2D eigenvalue weighted by molar-refractivity contribution is 9.10. The standard InChI is InChI=1S/C23H28BrF3N4O3S/c1-14-8-10-31(11-9-14)21-17(5-7-20(29-21)23(25,26)27)13-28-22(32)15(2)16-4-6-19(18(24)12-16)30-35(3,33)34/h4-7,12,14-15,30H,8-11,13H2,1-3H3,(H,28,32). The van der Waals surface area contributed by atoms with Crippen molar-refractivity contribution in [3.8, 4) is 0 Å². The Hall–Kier alpha value is -2.34. The zero-order valence-electron chi connectivity index (χ0n) is 19.6. The third kappa shape index (κ3) is 7.33. The summed E-state index contributed by atoms with van der Waals surface area (Å²) in [6, 6.07) is 7.15. The summed E-state index contributed by atoms with van der Waals surface area (Å²) in [5.74, 6) is -0.155. The van der Waals surface area contributed by atoms with Gasteiger partial charge in [-0.25, -0.2) is 13.4 Å². The van der Waals surface area contributed by atoms with E-state index in [9.17, 15) is 26.4 Å². The summed E-state index contributed by atoms with van der Waals surface area (Å²) >= 11 is 3.31. The highest BCUT2D eigenvalue weighted by Crippen LogP contribution is 2.32. The van der Waals surface area contributed by atoms with Crippen LogP contribution in [0.1, 0.15) is 49.4 Å². The molecule has 0 spiro atoms. The predicted molar refractivity (Wildman–Crippen MR) is 133 cm³/mol. The molecule has 1 atom stereocenters. The number of halogens is 4. The van der Waals surface area contributed by atoms with Crippen molar-refractivity contribution in [1.29, 1.82) is 0 Å². The van der Waals surface area contributed by atoms with E-state index in [1.165, 1.54) is 6.07 Å². The average molecular weight is 577 g/mol. The molecule has 192 valence electrons. The number of anilines is 2. The van der Waals surface area contributed by atoms with Crippen molar-refractivity contribution in [2.24, 2.45) is 5.92 Å². The number of amides is 1. The van der Waals surface area contributed by atoms with Gasteiger partial charge in [0.05, 0.1) is 17.9 Å². The number of hydrogen-bond acceptors (Lipinski definition) is 5. The topological polar surface area (TPSA) is 91.4 Å². The van der Waals surface area contributed by atoms with E-state index in [-0.39, 0.29) is 18.3 Å². The van der Waals surface area contributed by atoms with Gasteiger partial charge >= 0.3 is 6.18 Å². The molecule has 0 bridgehead atoms. The summed E-state index contributed by atoms with van der Waals surface area (Å²) in [6.45, 7) is 5.05. The third-order valence-corrected chi connectivity index (χ3v) is 7.21. The zero-order valence-corrected chi connectivity index (χ0v) is 22.0. The van der Waals surface area contributed by atoms with Gasteiger partial charge in [0.2, 0.25) is 15.9 Å². The molecule has 1 saturated heterocycles. The first kappa shape index (κ1) is 27.3. The molecule has 0 saturated carbocycles. The number of hydrogen-bond donors (Lipinski definition) is 2. The van der Waals surface area contributed by atoms with Gasteiger partial charge in [-0.15, -0.1) is 0 Å². The van der Waals surface area contributed by atoms with Crippen LogP contribution in [0.5, 0.6) is 0 Å². The number of aromatic nitrogens is 1. The van der Waals surface area contributed by atoms with E-state index < -0.39 is 27.8 Å². The lowest BCUT2D eigenvalue weighted by atomic mass is 9.98. The van der Waals surface area contributed by atoms with Crippen LogP contribution >= 0.6 is 15.9 Å². The first-order valence-corrected chi connectivity index (χ1v) is 13.8. The first-order chi connectivity index (χ1) is 16.2. The number of sulfonamides is 1. The van der Waals surface area contributed by atoms with Gasteiger partial charge in [0.1, 0.15) is 11.5 Å². The Bertz CT molecular complexity index is 1180. The molecule has 2 heterocycles. The predicted octanol–water partition coefficient (Wildman–Crippen LogP) is 4.89. The number of benzene rings is 1. The van der Waals surface area contributed by atoms with Gasteiger partial charge in [0.15, 0.2) is 0 Å². The molecule has 1 amide bonds. The Balaban J connectivity index is 1.75. The quantitative estimate of drug-likeness (QED) is 0.489. The molecule has 1 aromatic carbocycles. The van der Waals surface area contributed by atoms with Crippen LogP contribution in [-0.4, -0.2) is 38.7 Å². The second-order valence-corrected chi connectivity index (χ2v) is 11.5. The molecule has 7 nitrogen and oxygen atoms in total. The van der Waals surface area contributed by atoms with Crippen molar-refractivity contribution < 1.29 is 26.4 Å². The summed E-state index contributed by atoms with van der Waals surface area (Å²) in [4.78, 5) is 18.6. The second kappa shape index (κ2) is 10.7. The smallest absolute Gasteiger partial charge is 0.356 e. The lowest BCUT2D eigenvalue weighted by molar-refractivity contribution is -0.141. The van der Waals surface area contributed by atoms with E-state index in [0.29, 0.717) is 40.3 Å². The maximum absolute atomic E-state index is 13.3. The Morgan fingerprint density at radius 1 is 1.23 bits per heavy atom. The lowest BCUT2D eigenvalue weighted by Gasteiger charge is -2.33. The lowest BCUT2D eigenvalue weighted by Crippen LogP contribution is -2.35. The Morgan fingerprint density at radius 2 is 1.89 bits per heavy atom. The van der Waals surface area contributed by atoms with Crippen LogP contribution in [0.4, 0.5) is 24.7 Å². The van der Waals surface area contributed by atoms with Gasteiger partial charge in [0, 0.05) is 29.7 Å². The number of nitrogens with zero attached hydrogens (tertiary/aromatic N) is 2. The molecule has 3 rings (SSSR count). The number of rotatable bonds is 7. The molecule has 35 heavy (non-hydrogen) atoms. The summed E-state index contributed by atoms with van der Waals surface area (Å²) in [7, 11) is -3.46. The molecule has 1 aliphatic heterocycles. The Labute approximate surface area is 211 Å². The van der Waals surface area contributed by atoms with Gasteiger partial charge in [-0.05, 0) is 65.4 Å². The summed E-state index contributed by atoms with van der Waals surface area (Å²) in [6.07, 6.45) is -1.79. The monoisotopic (exact) mass is 576 g/mol. The van der Waals surface area contributed by atoms with Crippen LogP contribution in [0.15, 0.2) is 34.8 Å². The molecule has 2 N–H and O–H groups in total. The van der Waals surface area contributed by atoms with Crippen molar-refractivity contribution in [3.63, 3.8) is 0 Å². The van der Waals surface area contributed by atoms with E-state index in [4.69, 9.17) is 0 Å². The van der Waals surface area contributed by atoms with E-state index in [1.54, 1.807) is 25.1 Å². The minimum Gasteiger partial charge on any atom is -0.356 e. The maximum atomic E-state index is 13.3. The largest absolute Gasteiger partial charge is 0.433 e. The second-order valence-electron chi connectivity index (χ2n) is 8.90. The average Bonchev–Trinajstić information content (AvgIpc) is 2.77. The van der Waals surface area contributed by atoms with E-state index >= 15 is 0 Å². The number of piperidine rings is 1. The van der Waals surface area contributed by atoms with E-state index in [0.717, 1.165) is 25.2 Å². The Kier molecular flexibility index (Phi) is 8.36. The van der Waals surface area contributed by atoms with E-state index in [1.807, 2.05) is 4.90 Å². The highest BCUT2D eigenvalue weighted by atomic mass is 79.9. The Morgan fingerprint density at radius 3 is 2.46 bits per heavy atom. The zero-order chi connectivity index (χ0) is 26.0. The minimum atomic E-state index is -4.56. The van der Waals surface area contributed by atoms with Gasteiger partial charge in [-0.2, -0.15) is 13.2 Å². The van der Waals surface area contributed by atoms with Crippen molar-refractivity contribution in [3.05, 3.63) is 51.6 Å². The molecular weight excluding hydrogens is 549 g/mol. The normalized spacial score (nSPS) is 16.1. The van der Waals surface area contributed by atoms with Crippen LogP contribution in [0, 0.1) is 5.92 Å². The SMILES string of the molecule is CC1CCN(c2nc(C(F)(F)F)ccc2CNC(=O)C(C)c2ccc(NS(C)(=O)=O)c(Br)c2)CC1. The maximum Gasteiger partial charge on any atom is 0.433 e. The van der Waals surface area contributed by atoms with Crippen LogP contribution in [0.3, 0.4) is 0 Å². The molecule has 0 radical (unpaired) electrons. The molecule has 1 aromatic heterocycles. The van der Waals surface area contributed by atoms with E-state index in [2.05, 4.69) is 37.9 Å². The minimum absolute atomic E-state index is 0.0323. The van der Waals surface area contributed by atoms with Crippen LogP contribution < -0.4 is 14.9 Å². The number of carbonyl (C=O) groups is 1. The summed E-state index contributed by atoms with van der Waals surface area (Å²) < 4.78 is 65.7. The molecule has 1 unspecified atom stereocenters. The van der Waals surface area contributed by atoms with Crippen molar-refractivity contribution >= 4 is 43.4 Å². The first-order valence-electron chi connectivity index (χ1n) is 11.1. The third-order valence-electron chi connectivity index (χ3n) is 5.96. The van der Waals surface area contributed by atoms with Crippen LogP contribution in [0.2, 0.25) is 0 Å². The molecule has 1 fully saturated rings. The number of pyridine rings is 1. The van der Waals surface area contributed by atoms with Crippen LogP contribution in [0.25, 0.3) is 0 Å². The molecular formula is C23H28BrF3N4O3S.